The molecule has 1 aliphatic heterocycles. The molecule has 0 radical (unpaired) electrons. The normalized spacial score (nSPS) is 13.8. The minimum atomic E-state index is -3.51. The van der Waals surface area contributed by atoms with E-state index in [-0.39, 0.29) is 27.3 Å². The summed E-state index contributed by atoms with van der Waals surface area (Å²) in [5.41, 5.74) is 0.686. The molecule has 1 aliphatic rings. The van der Waals surface area contributed by atoms with Crippen LogP contribution in [0.3, 0.4) is 0 Å². The number of hydrogen-bond donors (Lipinski definition) is 1. The predicted molar refractivity (Wildman–Crippen MR) is 90.4 cm³/mol. The molecule has 7 nitrogen and oxygen atoms in total. The predicted octanol–water partition coefficient (Wildman–Crippen LogP) is 1.57. The molecule has 0 fully saturated rings. The maximum Gasteiger partial charge on any atom is 0.261 e. The molecule has 1 heterocycles. The van der Waals surface area contributed by atoms with Gasteiger partial charge in [-0.05, 0) is 30.3 Å². The van der Waals surface area contributed by atoms with Gasteiger partial charge in [-0.1, -0.05) is 12.1 Å². The van der Waals surface area contributed by atoms with Crippen LogP contribution in [0, 0.1) is 0 Å². The number of amides is 3. The van der Waals surface area contributed by atoms with Crippen LogP contribution in [0.4, 0.5) is 5.69 Å². The Kier molecular flexibility index (Phi) is 3.92. The number of rotatable bonds is 3. The maximum absolute atomic E-state index is 12.4. The molecule has 0 saturated carbocycles. The van der Waals surface area contributed by atoms with E-state index >= 15 is 0 Å². The van der Waals surface area contributed by atoms with Crippen LogP contribution in [0.1, 0.15) is 31.1 Å². The second-order valence-corrected chi connectivity index (χ2v) is 7.64. The molecule has 25 heavy (non-hydrogen) atoms. The highest BCUT2D eigenvalue weighted by Gasteiger charge is 2.33. The van der Waals surface area contributed by atoms with Crippen LogP contribution in [-0.4, -0.2) is 44.3 Å². The minimum absolute atomic E-state index is 0.00417. The van der Waals surface area contributed by atoms with Crippen LogP contribution in [0.2, 0.25) is 0 Å². The van der Waals surface area contributed by atoms with Crippen molar-refractivity contribution in [3.8, 4) is 0 Å². The van der Waals surface area contributed by atoms with E-state index in [4.69, 9.17) is 0 Å². The highest BCUT2D eigenvalue weighted by Crippen LogP contribution is 2.25. The highest BCUT2D eigenvalue weighted by atomic mass is 32.2. The Hall–Kier alpha value is -3.00. The van der Waals surface area contributed by atoms with Crippen molar-refractivity contribution < 1.29 is 22.8 Å². The Morgan fingerprint density at radius 2 is 1.64 bits per heavy atom. The highest BCUT2D eigenvalue weighted by molar-refractivity contribution is 7.90. The average molecular weight is 358 g/mol. The third-order valence-corrected chi connectivity index (χ3v) is 5.04. The lowest BCUT2D eigenvalue weighted by molar-refractivity contribution is 0.0693. The van der Waals surface area contributed by atoms with Crippen LogP contribution in [0.15, 0.2) is 47.4 Å². The molecule has 3 amide bonds. The first-order chi connectivity index (χ1) is 11.7. The molecular formula is C17H14N2O5S. The van der Waals surface area contributed by atoms with E-state index in [1.807, 2.05) is 0 Å². The Balaban J connectivity index is 1.95. The lowest BCUT2D eigenvalue weighted by Crippen LogP contribution is -2.24. The lowest BCUT2D eigenvalue weighted by Gasteiger charge is -2.10. The van der Waals surface area contributed by atoms with Crippen LogP contribution in [0.5, 0.6) is 0 Å². The molecule has 0 aliphatic carbocycles. The van der Waals surface area contributed by atoms with Gasteiger partial charge in [0.25, 0.3) is 17.7 Å². The summed E-state index contributed by atoms with van der Waals surface area (Å²) in [7, 11) is -2.15. The minimum Gasteiger partial charge on any atom is -0.321 e. The van der Waals surface area contributed by atoms with Crippen LogP contribution in [-0.2, 0) is 9.84 Å². The Morgan fingerprint density at radius 1 is 1.00 bits per heavy atom. The number of hydrogen-bond acceptors (Lipinski definition) is 5. The summed E-state index contributed by atoms with van der Waals surface area (Å²) in [6.45, 7) is 0. The van der Waals surface area contributed by atoms with Gasteiger partial charge in [-0.25, -0.2) is 8.42 Å². The van der Waals surface area contributed by atoms with Gasteiger partial charge in [0.2, 0.25) is 0 Å². The summed E-state index contributed by atoms with van der Waals surface area (Å²) in [4.78, 5) is 37.3. The second-order valence-electron chi connectivity index (χ2n) is 5.65. The van der Waals surface area contributed by atoms with E-state index in [2.05, 4.69) is 5.32 Å². The second kappa shape index (κ2) is 5.82. The largest absolute Gasteiger partial charge is 0.321 e. The molecule has 2 aromatic carbocycles. The van der Waals surface area contributed by atoms with Gasteiger partial charge in [-0.2, -0.15) is 0 Å². The number of nitrogens with one attached hydrogen (secondary N) is 1. The quantitative estimate of drug-likeness (QED) is 0.840. The number of benzene rings is 2. The number of carbonyl (C=O) groups excluding carboxylic acids is 3. The number of nitrogens with zero attached hydrogens (tertiary/aromatic N) is 1. The number of fused-ring (bicyclic) bond motifs is 1. The lowest BCUT2D eigenvalue weighted by atomic mass is 10.1. The summed E-state index contributed by atoms with van der Waals surface area (Å²) in [6.07, 6.45) is 1.05. The molecule has 2 aromatic rings. The summed E-state index contributed by atoms with van der Waals surface area (Å²) in [5.74, 6) is -1.48. The first-order valence-electron chi connectivity index (χ1n) is 7.27. The molecule has 128 valence electrons. The van der Waals surface area contributed by atoms with Gasteiger partial charge in [0.05, 0.1) is 21.7 Å². The van der Waals surface area contributed by atoms with Gasteiger partial charge < -0.3 is 5.32 Å². The fourth-order valence-corrected chi connectivity index (χ4v) is 3.43. The molecular weight excluding hydrogens is 344 g/mol. The summed E-state index contributed by atoms with van der Waals surface area (Å²) in [5, 5.41) is 2.53. The number of imide groups is 1. The monoisotopic (exact) mass is 358 g/mol. The third-order valence-electron chi connectivity index (χ3n) is 3.89. The molecule has 0 spiro atoms. The topological polar surface area (TPSA) is 101 Å². The van der Waals surface area contributed by atoms with Crippen LogP contribution in [0.25, 0.3) is 0 Å². The zero-order valence-corrected chi connectivity index (χ0v) is 14.3. The van der Waals surface area contributed by atoms with Crippen molar-refractivity contribution in [1.82, 2.24) is 4.90 Å². The zero-order chi connectivity index (χ0) is 18.4. The Bertz CT molecular complexity index is 1030. The Morgan fingerprint density at radius 3 is 2.32 bits per heavy atom. The van der Waals surface area contributed by atoms with Crippen molar-refractivity contribution in [3.63, 3.8) is 0 Å². The molecule has 0 aromatic heterocycles. The van der Waals surface area contributed by atoms with Crippen molar-refractivity contribution in [1.29, 1.82) is 0 Å². The van der Waals surface area contributed by atoms with E-state index in [9.17, 15) is 22.8 Å². The van der Waals surface area contributed by atoms with Crippen molar-refractivity contribution >= 4 is 33.2 Å². The maximum atomic E-state index is 12.4. The summed E-state index contributed by atoms with van der Waals surface area (Å²) in [6, 6.07) is 10.2. The molecule has 0 bridgehead atoms. The molecule has 0 saturated heterocycles. The Labute approximate surface area is 144 Å². The third kappa shape index (κ3) is 2.91. The van der Waals surface area contributed by atoms with E-state index < -0.39 is 27.6 Å². The number of para-hydroxylation sites is 1. The number of anilines is 1. The van der Waals surface area contributed by atoms with Crippen LogP contribution >= 0.6 is 0 Å². The molecule has 0 atom stereocenters. The first-order valence-corrected chi connectivity index (χ1v) is 9.16. The van der Waals surface area contributed by atoms with E-state index in [0.717, 1.165) is 11.2 Å². The smallest absolute Gasteiger partial charge is 0.261 e. The molecule has 8 heteroatoms. The van der Waals surface area contributed by atoms with Crippen molar-refractivity contribution in [3.05, 3.63) is 59.2 Å². The van der Waals surface area contributed by atoms with Gasteiger partial charge in [0.15, 0.2) is 9.84 Å². The van der Waals surface area contributed by atoms with Crippen molar-refractivity contribution in [2.45, 2.75) is 4.90 Å². The fraction of sp³-hybridized carbons (Fsp3) is 0.118. The van der Waals surface area contributed by atoms with E-state index in [1.165, 1.54) is 37.4 Å². The van der Waals surface area contributed by atoms with Gasteiger partial charge in [0, 0.05) is 18.9 Å². The summed E-state index contributed by atoms with van der Waals surface area (Å²) < 4.78 is 23.6. The van der Waals surface area contributed by atoms with E-state index in [1.54, 1.807) is 12.1 Å². The number of sulfone groups is 1. The zero-order valence-electron chi connectivity index (χ0n) is 13.4. The fourth-order valence-electron chi connectivity index (χ4n) is 2.59. The average Bonchev–Trinajstić information content (AvgIpc) is 2.78. The first kappa shape index (κ1) is 16.8. The molecule has 0 unspecified atom stereocenters. The van der Waals surface area contributed by atoms with Crippen molar-refractivity contribution in [2.24, 2.45) is 0 Å². The van der Waals surface area contributed by atoms with Crippen molar-refractivity contribution in [2.75, 3.05) is 18.6 Å². The van der Waals surface area contributed by atoms with Gasteiger partial charge in [0.1, 0.15) is 0 Å². The van der Waals surface area contributed by atoms with Crippen LogP contribution < -0.4 is 5.32 Å². The van der Waals surface area contributed by atoms with Gasteiger partial charge in [-0.15, -0.1) is 0 Å². The van der Waals surface area contributed by atoms with Gasteiger partial charge >= 0.3 is 0 Å². The standard InChI is InChI=1S/C17H14N2O5S/c1-19-16(21)11-8-7-10(9-12(11)17(19)22)15(20)18-13-5-3-4-6-14(13)25(2,23)24/h3-9H,1-2H3,(H,18,20). The SMILES string of the molecule is CN1C(=O)c2ccc(C(=O)Nc3ccccc3S(C)(=O)=O)cc2C1=O. The van der Waals surface area contributed by atoms with E-state index in [0.29, 0.717) is 0 Å². The summed E-state index contributed by atoms with van der Waals surface area (Å²) >= 11 is 0. The number of carbonyl (C=O) groups is 3. The molecule has 1 N–H and O–H groups in total. The molecule has 3 rings (SSSR count). The van der Waals surface area contributed by atoms with Gasteiger partial charge in [-0.3, -0.25) is 19.3 Å².